The highest BCUT2D eigenvalue weighted by atomic mass is 35.5. The molecule has 30 heavy (non-hydrogen) atoms. The molecule has 1 aromatic carbocycles. The number of benzene rings is 1. The number of halogens is 1. The quantitative estimate of drug-likeness (QED) is 0.604. The van der Waals surface area contributed by atoms with Crippen LogP contribution in [0.1, 0.15) is 30.7 Å². The summed E-state index contributed by atoms with van der Waals surface area (Å²) in [6.45, 7) is 3.39. The molecule has 0 saturated carbocycles. The van der Waals surface area contributed by atoms with Gasteiger partial charge in [-0.3, -0.25) is 14.5 Å². The first-order chi connectivity index (χ1) is 14.5. The van der Waals surface area contributed by atoms with Crippen molar-refractivity contribution in [2.24, 2.45) is 0 Å². The molecule has 3 aromatic rings. The van der Waals surface area contributed by atoms with Crippen LogP contribution in [0.3, 0.4) is 0 Å². The number of rotatable bonds is 6. The van der Waals surface area contributed by atoms with E-state index < -0.39 is 0 Å². The number of fused-ring (bicyclic) bond motifs is 1. The number of carbonyl (C=O) groups is 2. The Kier molecular flexibility index (Phi) is 5.90. The van der Waals surface area contributed by atoms with Crippen LogP contribution in [0.15, 0.2) is 42.5 Å². The van der Waals surface area contributed by atoms with Crippen molar-refractivity contribution in [2.75, 3.05) is 11.4 Å². The zero-order valence-corrected chi connectivity index (χ0v) is 17.5. The topological polar surface area (TPSA) is 81.0 Å². The fourth-order valence-corrected chi connectivity index (χ4v) is 3.78. The highest BCUT2D eigenvalue weighted by molar-refractivity contribution is 6.30. The van der Waals surface area contributed by atoms with Gasteiger partial charge in [0.05, 0.1) is 23.5 Å². The van der Waals surface area contributed by atoms with Gasteiger partial charge in [-0.25, -0.2) is 4.68 Å². The summed E-state index contributed by atoms with van der Waals surface area (Å²) in [6, 6.07) is 12.9. The summed E-state index contributed by atoms with van der Waals surface area (Å²) < 4.78 is 1.86. The summed E-state index contributed by atoms with van der Waals surface area (Å²) in [5.74, 6) is 0.736. The van der Waals surface area contributed by atoms with Crippen molar-refractivity contribution in [1.82, 2.24) is 20.0 Å². The number of carbonyl (C=O) groups excluding carboxylic acids is 2. The number of amides is 1. The Morgan fingerprint density at radius 1 is 1.07 bits per heavy atom. The second-order valence-corrected chi connectivity index (χ2v) is 7.84. The number of hydrogen-bond donors (Lipinski definition) is 0. The highest BCUT2D eigenvalue weighted by Crippen LogP contribution is 2.23. The maximum absolute atomic E-state index is 12.6. The van der Waals surface area contributed by atoms with E-state index >= 15 is 0 Å². The van der Waals surface area contributed by atoms with E-state index in [4.69, 9.17) is 11.6 Å². The molecule has 0 N–H and O–H groups in total. The first-order valence-electron chi connectivity index (χ1n) is 9.94. The van der Waals surface area contributed by atoms with Gasteiger partial charge in [0, 0.05) is 42.6 Å². The first-order valence-corrected chi connectivity index (χ1v) is 10.3. The fraction of sp³-hybridized carbons (Fsp3) is 0.318. The van der Waals surface area contributed by atoms with Crippen LogP contribution in [0, 0.1) is 6.92 Å². The first kappa shape index (κ1) is 20.2. The van der Waals surface area contributed by atoms with Crippen molar-refractivity contribution < 1.29 is 9.59 Å². The number of aryl methyl sites for hydroxylation is 2. The zero-order chi connectivity index (χ0) is 21.1. The van der Waals surface area contributed by atoms with Crippen LogP contribution in [0.25, 0.3) is 11.3 Å². The van der Waals surface area contributed by atoms with E-state index in [1.165, 1.54) is 0 Å². The third kappa shape index (κ3) is 4.57. The van der Waals surface area contributed by atoms with Gasteiger partial charge in [-0.05, 0) is 37.6 Å². The molecule has 0 aliphatic carbocycles. The van der Waals surface area contributed by atoms with E-state index in [1.54, 1.807) is 17.0 Å². The molecule has 0 saturated heterocycles. The number of anilines is 1. The number of aromatic nitrogens is 4. The maximum atomic E-state index is 12.6. The average Bonchev–Trinajstić information content (AvgIpc) is 3.12. The molecular formula is C22H22ClN5O2. The molecule has 0 spiro atoms. The highest BCUT2D eigenvalue weighted by Gasteiger charge is 2.24. The van der Waals surface area contributed by atoms with Crippen LogP contribution in [0.2, 0.25) is 5.02 Å². The summed E-state index contributed by atoms with van der Waals surface area (Å²) in [5, 5.41) is 13.4. The van der Waals surface area contributed by atoms with Crippen molar-refractivity contribution in [3.05, 3.63) is 58.9 Å². The molecule has 0 fully saturated rings. The molecule has 1 amide bonds. The van der Waals surface area contributed by atoms with Gasteiger partial charge in [0.25, 0.3) is 0 Å². The van der Waals surface area contributed by atoms with Crippen LogP contribution in [-0.2, 0) is 22.6 Å². The molecule has 4 rings (SSSR count). The van der Waals surface area contributed by atoms with Crippen molar-refractivity contribution >= 4 is 29.1 Å². The van der Waals surface area contributed by atoms with Crippen molar-refractivity contribution in [3.8, 4) is 11.3 Å². The number of nitrogens with zero attached hydrogens (tertiary/aromatic N) is 5. The average molecular weight is 424 g/mol. The van der Waals surface area contributed by atoms with E-state index in [1.807, 2.05) is 41.9 Å². The normalized spacial score (nSPS) is 13.2. The van der Waals surface area contributed by atoms with Crippen molar-refractivity contribution in [2.45, 2.75) is 39.2 Å². The Morgan fingerprint density at radius 3 is 2.70 bits per heavy atom. The predicted molar refractivity (Wildman–Crippen MR) is 114 cm³/mol. The molecule has 7 nitrogen and oxygen atoms in total. The fourth-order valence-electron chi connectivity index (χ4n) is 3.59. The van der Waals surface area contributed by atoms with Gasteiger partial charge >= 0.3 is 0 Å². The van der Waals surface area contributed by atoms with Gasteiger partial charge < -0.3 is 0 Å². The second-order valence-electron chi connectivity index (χ2n) is 7.40. The van der Waals surface area contributed by atoms with Gasteiger partial charge in [-0.2, -0.15) is 15.3 Å². The van der Waals surface area contributed by atoms with E-state index in [9.17, 15) is 9.59 Å². The van der Waals surface area contributed by atoms with Crippen LogP contribution in [0.5, 0.6) is 0 Å². The Balaban J connectivity index is 1.32. The Hall–Kier alpha value is -3.06. The minimum Gasteiger partial charge on any atom is -0.299 e. The van der Waals surface area contributed by atoms with E-state index in [0.717, 1.165) is 30.0 Å². The minimum atomic E-state index is -0.0495. The predicted octanol–water partition coefficient (Wildman–Crippen LogP) is 3.63. The number of ketones is 1. The summed E-state index contributed by atoms with van der Waals surface area (Å²) >= 11 is 6.01. The Bertz CT molecular complexity index is 1080. The summed E-state index contributed by atoms with van der Waals surface area (Å²) in [5.41, 5.74) is 3.04. The molecular weight excluding hydrogens is 402 g/mol. The van der Waals surface area contributed by atoms with Crippen molar-refractivity contribution in [3.63, 3.8) is 0 Å². The summed E-state index contributed by atoms with van der Waals surface area (Å²) in [7, 11) is 0. The lowest BCUT2D eigenvalue weighted by atomic mass is 10.1. The molecule has 154 valence electrons. The number of hydrogen-bond acceptors (Lipinski definition) is 5. The minimum absolute atomic E-state index is 0.0325. The molecule has 0 radical (unpaired) electrons. The van der Waals surface area contributed by atoms with Crippen LogP contribution in [-0.4, -0.2) is 38.2 Å². The van der Waals surface area contributed by atoms with Crippen molar-refractivity contribution in [1.29, 1.82) is 0 Å². The van der Waals surface area contributed by atoms with Gasteiger partial charge in [0.15, 0.2) is 0 Å². The molecule has 0 bridgehead atoms. The monoisotopic (exact) mass is 423 g/mol. The molecule has 1 aliphatic rings. The Labute approximate surface area is 179 Å². The second kappa shape index (κ2) is 8.75. The van der Waals surface area contributed by atoms with Gasteiger partial charge in [-0.1, -0.05) is 23.7 Å². The van der Waals surface area contributed by atoms with E-state index in [2.05, 4.69) is 15.3 Å². The molecule has 8 heteroatoms. The summed E-state index contributed by atoms with van der Waals surface area (Å²) in [4.78, 5) is 26.8. The molecule has 2 aromatic heterocycles. The van der Waals surface area contributed by atoms with E-state index in [0.29, 0.717) is 23.0 Å². The molecule has 0 atom stereocenters. The zero-order valence-electron chi connectivity index (χ0n) is 16.7. The summed E-state index contributed by atoms with van der Waals surface area (Å²) in [6.07, 6.45) is 1.38. The van der Waals surface area contributed by atoms with Gasteiger partial charge in [-0.15, -0.1) is 0 Å². The van der Waals surface area contributed by atoms with Crippen LogP contribution in [0.4, 0.5) is 5.82 Å². The maximum Gasteiger partial charge on any atom is 0.228 e. The molecule has 0 unspecified atom stereocenters. The molecule has 3 heterocycles. The standard InChI is InChI=1S/C22H22ClN5O2/c1-15-12-21-27(10-3-11-28(21)26-15)22(30)9-7-19(29)14-18-6-8-20(25-24-18)16-4-2-5-17(23)13-16/h2,4-6,8,12-13H,3,7,9-11,14H2,1H3. The number of Topliss-reactive ketones (excluding diaryl/α,β-unsaturated/α-hetero) is 1. The third-order valence-corrected chi connectivity index (χ3v) is 5.28. The lowest BCUT2D eigenvalue weighted by Crippen LogP contribution is -2.37. The lowest BCUT2D eigenvalue weighted by Gasteiger charge is -2.27. The SMILES string of the molecule is Cc1cc2n(n1)CCCN2C(=O)CCC(=O)Cc1ccc(-c2cccc(Cl)c2)nn1. The smallest absolute Gasteiger partial charge is 0.228 e. The lowest BCUT2D eigenvalue weighted by molar-refractivity contribution is -0.123. The largest absolute Gasteiger partial charge is 0.299 e. The van der Waals surface area contributed by atoms with Gasteiger partial charge in [0.1, 0.15) is 11.6 Å². The molecule has 1 aliphatic heterocycles. The van der Waals surface area contributed by atoms with Crippen LogP contribution < -0.4 is 4.90 Å². The third-order valence-electron chi connectivity index (χ3n) is 5.05. The van der Waals surface area contributed by atoms with Crippen LogP contribution >= 0.6 is 11.6 Å². The van der Waals surface area contributed by atoms with E-state index in [-0.39, 0.29) is 31.0 Å². The van der Waals surface area contributed by atoms with Gasteiger partial charge in [0.2, 0.25) is 5.91 Å². The Morgan fingerprint density at radius 2 is 1.93 bits per heavy atom.